The van der Waals surface area contributed by atoms with E-state index in [4.69, 9.17) is 9.47 Å². The number of amides is 1. The molecule has 1 unspecified atom stereocenters. The third-order valence-corrected chi connectivity index (χ3v) is 4.78. The van der Waals surface area contributed by atoms with Crippen LogP contribution in [0.1, 0.15) is 46.1 Å². The number of nitrogens with zero attached hydrogens (tertiary/aromatic N) is 2. The summed E-state index contributed by atoms with van der Waals surface area (Å²) < 4.78 is 10.1. The molecule has 0 saturated carbocycles. The summed E-state index contributed by atoms with van der Waals surface area (Å²) in [5, 5.41) is 13.8. The molecule has 0 radical (unpaired) electrons. The van der Waals surface area contributed by atoms with Crippen molar-refractivity contribution in [1.82, 2.24) is 5.32 Å². The Bertz CT molecular complexity index is 1010. The molecule has 1 aromatic rings. The van der Waals surface area contributed by atoms with Gasteiger partial charge in [0.25, 0.3) is 5.69 Å². The Morgan fingerprint density at radius 2 is 1.88 bits per heavy atom. The molecule has 10 heteroatoms. The van der Waals surface area contributed by atoms with Crippen molar-refractivity contribution in [2.24, 2.45) is 10.9 Å². The van der Waals surface area contributed by atoms with Gasteiger partial charge >= 0.3 is 11.9 Å². The molecule has 0 aromatic heterocycles. The van der Waals surface area contributed by atoms with E-state index >= 15 is 0 Å². The Balaban J connectivity index is 2.48. The summed E-state index contributed by atoms with van der Waals surface area (Å²) in [6.45, 7) is 7.96. The first-order valence-corrected chi connectivity index (χ1v) is 9.94. The Morgan fingerprint density at radius 1 is 1.22 bits per heavy atom. The quantitative estimate of drug-likeness (QED) is 0.404. The van der Waals surface area contributed by atoms with Crippen molar-refractivity contribution in [3.8, 4) is 0 Å². The molecule has 2 atom stereocenters. The van der Waals surface area contributed by atoms with Crippen LogP contribution in [0.15, 0.2) is 40.5 Å². The molecule has 1 aromatic carbocycles. The summed E-state index contributed by atoms with van der Waals surface area (Å²) >= 11 is 0. The van der Waals surface area contributed by atoms with Crippen LogP contribution in [0.3, 0.4) is 0 Å². The minimum absolute atomic E-state index is 0.120. The maximum absolute atomic E-state index is 13.1. The van der Waals surface area contributed by atoms with Crippen LogP contribution in [0.25, 0.3) is 0 Å². The van der Waals surface area contributed by atoms with Crippen LogP contribution in [-0.4, -0.2) is 47.7 Å². The smallest absolute Gasteiger partial charge is 0.325 e. The van der Waals surface area contributed by atoms with Gasteiger partial charge in [-0.05, 0) is 40.2 Å². The number of methoxy groups -OCH3 is 1. The van der Waals surface area contributed by atoms with Gasteiger partial charge in [0.05, 0.1) is 12.0 Å². The first-order valence-electron chi connectivity index (χ1n) is 9.94. The monoisotopic (exact) mass is 445 g/mol. The number of benzene rings is 1. The lowest BCUT2D eigenvalue weighted by atomic mass is 9.75. The Kier molecular flexibility index (Phi) is 7.50. The fourth-order valence-electron chi connectivity index (χ4n) is 3.58. The van der Waals surface area contributed by atoms with Crippen LogP contribution >= 0.6 is 0 Å². The second-order valence-corrected chi connectivity index (χ2v) is 8.35. The van der Waals surface area contributed by atoms with Gasteiger partial charge in [-0.25, -0.2) is 0 Å². The molecule has 0 bridgehead atoms. The lowest BCUT2D eigenvalue weighted by molar-refractivity contribution is -0.384. The molecule has 32 heavy (non-hydrogen) atoms. The van der Waals surface area contributed by atoms with Crippen molar-refractivity contribution in [3.63, 3.8) is 0 Å². The maximum atomic E-state index is 13.1. The van der Waals surface area contributed by atoms with Crippen LogP contribution in [0.4, 0.5) is 5.69 Å². The highest BCUT2D eigenvalue weighted by molar-refractivity contribution is 6.08. The lowest BCUT2D eigenvalue weighted by Gasteiger charge is -2.31. The van der Waals surface area contributed by atoms with Crippen molar-refractivity contribution in [3.05, 3.63) is 51.2 Å². The molecule has 1 heterocycles. The summed E-state index contributed by atoms with van der Waals surface area (Å²) in [4.78, 5) is 52.8. The van der Waals surface area contributed by atoms with E-state index in [9.17, 15) is 24.5 Å². The summed E-state index contributed by atoms with van der Waals surface area (Å²) in [7, 11) is 1.22. The average Bonchev–Trinajstić information content (AvgIpc) is 2.69. The van der Waals surface area contributed by atoms with Crippen LogP contribution in [0, 0.1) is 16.0 Å². The molecule has 0 fully saturated rings. The molecule has 1 amide bonds. The predicted molar refractivity (Wildman–Crippen MR) is 116 cm³/mol. The third-order valence-electron chi connectivity index (χ3n) is 4.78. The van der Waals surface area contributed by atoms with Gasteiger partial charge in [0, 0.05) is 35.0 Å². The Morgan fingerprint density at radius 3 is 2.44 bits per heavy atom. The number of rotatable bonds is 6. The number of hydrogen-bond donors (Lipinski definition) is 1. The van der Waals surface area contributed by atoms with Crippen LogP contribution in [0.2, 0.25) is 0 Å². The van der Waals surface area contributed by atoms with Crippen molar-refractivity contribution < 1.29 is 28.8 Å². The first-order chi connectivity index (χ1) is 14.9. The van der Waals surface area contributed by atoms with Crippen molar-refractivity contribution in [2.75, 3.05) is 13.7 Å². The third kappa shape index (κ3) is 5.77. The van der Waals surface area contributed by atoms with Crippen molar-refractivity contribution in [2.45, 2.75) is 46.1 Å². The number of aliphatic imine (C=N–C) groups is 1. The zero-order valence-electron chi connectivity index (χ0n) is 18.9. The molecule has 0 spiro atoms. The van der Waals surface area contributed by atoms with E-state index in [2.05, 4.69) is 10.3 Å². The number of esters is 2. The van der Waals surface area contributed by atoms with Gasteiger partial charge in [0.15, 0.2) is 0 Å². The van der Waals surface area contributed by atoms with Gasteiger partial charge in [0.2, 0.25) is 5.91 Å². The summed E-state index contributed by atoms with van der Waals surface area (Å²) in [6, 6.07) is 5.71. The van der Waals surface area contributed by atoms with E-state index in [1.807, 2.05) is 0 Å². The topological polar surface area (TPSA) is 137 Å². The second kappa shape index (κ2) is 9.71. The largest absolute Gasteiger partial charge is 0.468 e. The molecule has 0 saturated heterocycles. The van der Waals surface area contributed by atoms with Gasteiger partial charge in [-0.3, -0.25) is 29.5 Å². The molecular formula is C22H27N3O7. The highest BCUT2D eigenvalue weighted by Crippen LogP contribution is 2.40. The maximum Gasteiger partial charge on any atom is 0.325 e. The van der Waals surface area contributed by atoms with E-state index in [0.29, 0.717) is 17.0 Å². The molecular weight excluding hydrogens is 418 g/mol. The average molecular weight is 445 g/mol. The summed E-state index contributed by atoms with van der Waals surface area (Å²) in [5.74, 6) is -3.75. The molecule has 172 valence electrons. The zero-order chi connectivity index (χ0) is 24.2. The number of allylic oxidation sites excluding steroid dienone is 1. The number of non-ortho nitro benzene ring substituents is 1. The first kappa shape index (κ1) is 24.7. The normalized spacial score (nSPS) is 18.5. The van der Waals surface area contributed by atoms with E-state index in [-0.39, 0.29) is 17.8 Å². The van der Waals surface area contributed by atoms with Gasteiger partial charge < -0.3 is 14.8 Å². The second-order valence-electron chi connectivity index (χ2n) is 8.35. The Labute approximate surface area is 185 Å². The van der Waals surface area contributed by atoms with Gasteiger partial charge in [0.1, 0.15) is 18.1 Å². The SMILES string of the molecule is COC(=O)C1C(C)=NC(C)=C(C(=O)NCC(=O)OC(C)(C)C)[C@@H]1c1cccc([N+](=O)[O-])c1. The van der Waals surface area contributed by atoms with E-state index in [1.54, 1.807) is 40.7 Å². The Hall–Kier alpha value is -3.56. The molecule has 1 aliphatic heterocycles. The molecule has 1 N–H and O–H groups in total. The van der Waals surface area contributed by atoms with E-state index in [0.717, 1.165) is 0 Å². The predicted octanol–water partition coefficient (Wildman–Crippen LogP) is 2.67. The van der Waals surface area contributed by atoms with Crippen LogP contribution < -0.4 is 5.32 Å². The minimum Gasteiger partial charge on any atom is -0.468 e. The number of nitrogens with one attached hydrogen (secondary N) is 1. The molecule has 1 aliphatic rings. The van der Waals surface area contributed by atoms with Crippen molar-refractivity contribution in [1.29, 1.82) is 0 Å². The summed E-state index contributed by atoms with van der Waals surface area (Å²) in [6.07, 6.45) is 0. The number of nitro benzene ring substituents is 1. The summed E-state index contributed by atoms with van der Waals surface area (Å²) in [5.41, 5.74) is 0.346. The zero-order valence-corrected chi connectivity index (χ0v) is 18.9. The number of ether oxygens (including phenoxy) is 2. The van der Waals surface area contributed by atoms with Gasteiger partial charge in [-0.1, -0.05) is 12.1 Å². The van der Waals surface area contributed by atoms with Crippen molar-refractivity contribution >= 4 is 29.2 Å². The number of carbonyl (C=O) groups is 3. The van der Waals surface area contributed by atoms with Crippen LogP contribution in [-0.2, 0) is 23.9 Å². The van der Waals surface area contributed by atoms with Crippen LogP contribution in [0.5, 0.6) is 0 Å². The number of hydrogen-bond acceptors (Lipinski definition) is 8. The molecule has 0 aliphatic carbocycles. The highest BCUT2D eigenvalue weighted by atomic mass is 16.6. The van der Waals surface area contributed by atoms with Gasteiger partial charge in [-0.2, -0.15) is 0 Å². The fourth-order valence-corrected chi connectivity index (χ4v) is 3.58. The highest BCUT2D eigenvalue weighted by Gasteiger charge is 2.42. The fraction of sp³-hybridized carbons (Fsp3) is 0.455. The number of carbonyl (C=O) groups excluding carboxylic acids is 3. The standard InChI is InChI=1S/C22H27N3O7/c1-12-17(20(27)23-11-16(26)32-22(3,4)5)19(18(13(2)24-12)21(28)31-6)14-8-7-9-15(10-14)25(29)30/h7-10,18-19H,11H2,1-6H3,(H,23,27)/t18?,19-/m0/s1. The minimum atomic E-state index is -0.965. The number of nitro groups is 1. The lowest BCUT2D eigenvalue weighted by Crippen LogP contribution is -2.41. The van der Waals surface area contributed by atoms with E-state index < -0.39 is 40.2 Å². The molecule has 2 rings (SSSR count). The molecule has 10 nitrogen and oxygen atoms in total. The van der Waals surface area contributed by atoms with Gasteiger partial charge in [-0.15, -0.1) is 0 Å². The van der Waals surface area contributed by atoms with E-state index in [1.165, 1.54) is 25.3 Å².